The first-order valence-electron chi connectivity index (χ1n) is 10.9. The molecule has 2 aliphatic heterocycles. The number of thioether (sulfide) groups is 2. The quantitative estimate of drug-likeness (QED) is 0.355. The fraction of sp³-hybridized carbons (Fsp3) is 0.231. The minimum atomic E-state index is -0.146. The highest BCUT2D eigenvalue weighted by atomic mass is 35.5. The zero-order valence-electron chi connectivity index (χ0n) is 18.5. The van der Waals surface area contributed by atoms with Crippen LogP contribution in [0.25, 0.3) is 0 Å². The van der Waals surface area contributed by atoms with Crippen molar-refractivity contribution in [2.75, 3.05) is 9.80 Å². The largest absolute Gasteiger partial charge is 0.295 e. The van der Waals surface area contributed by atoms with Gasteiger partial charge in [-0.15, -0.1) is 23.5 Å². The maximum absolute atomic E-state index is 13.1. The fourth-order valence-electron chi connectivity index (χ4n) is 4.26. The van der Waals surface area contributed by atoms with Crippen LogP contribution >= 0.6 is 46.7 Å². The van der Waals surface area contributed by atoms with Crippen molar-refractivity contribution in [2.45, 2.75) is 35.1 Å². The van der Waals surface area contributed by atoms with E-state index >= 15 is 0 Å². The molecule has 0 saturated carbocycles. The predicted molar refractivity (Wildman–Crippen MR) is 144 cm³/mol. The smallest absolute Gasteiger partial charge is 0.241 e. The van der Waals surface area contributed by atoms with Crippen molar-refractivity contribution in [3.63, 3.8) is 0 Å². The SMILES string of the molecule is C[C@@H]1S[C@H](c2ccc(Cl)cc2)N(c2ccc(N3C(=O)[C@@H](C)S[C@H]3c3ccc(Cl)cc3)cc2)C1=O. The van der Waals surface area contributed by atoms with Crippen LogP contribution in [-0.2, 0) is 9.59 Å². The van der Waals surface area contributed by atoms with Gasteiger partial charge in [0, 0.05) is 21.4 Å². The number of benzene rings is 3. The summed E-state index contributed by atoms with van der Waals surface area (Å²) in [5.41, 5.74) is 3.67. The Labute approximate surface area is 217 Å². The van der Waals surface area contributed by atoms with Gasteiger partial charge in [-0.1, -0.05) is 47.5 Å². The van der Waals surface area contributed by atoms with Gasteiger partial charge in [0.2, 0.25) is 11.8 Å². The number of rotatable bonds is 4. The van der Waals surface area contributed by atoms with E-state index in [9.17, 15) is 9.59 Å². The van der Waals surface area contributed by atoms with Gasteiger partial charge in [0.05, 0.1) is 10.5 Å². The standard InChI is InChI=1S/C26H22Cl2N2O2S2/c1-15-23(31)29(25(33-15)17-3-7-19(27)8-4-17)21-11-13-22(14-12-21)30-24(32)16(2)34-26(30)18-5-9-20(28)10-6-18/h3-16,25-26H,1-2H3/t15-,16+,25+,26-. The number of nitrogens with zero attached hydrogens (tertiary/aromatic N) is 2. The lowest BCUT2D eigenvalue weighted by Crippen LogP contribution is -2.31. The van der Waals surface area contributed by atoms with Crippen molar-refractivity contribution in [1.82, 2.24) is 0 Å². The van der Waals surface area contributed by atoms with Gasteiger partial charge in [0.1, 0.15) is 10.7 Å². The second kappa shape index (κ2) is 9.50. The Balaban J connectivity index is 1.46. The molecule has 8 heteroatoms. The van der Waals surface area contributed by atoms with Crippen LogP contribution in [0.4, 0.5) is 11.4 Å². The lowest BCUT2D eigenvalue weighted by Gasteiger charge is -2.27. The first kappa shape index (κ1) is 23.6. The summed E-state index contributed by atoms with van der Waals surface area (Å²) in [5.74, 6) is 0.135. The van der Waals surface area contributed by atoms with Gasteiger partial charge in [0.15, 0.2) is 0 Å². The summed E-state index contributed by atoms with van der Waals surface area (Å²) in [4.78, 5) is 29.8. The molecule has 0 unspecified atom stereocenters. The lowest BCUT2D eigenvalue weighted by molar-refractivity contribution is -0.118. The highest BCUT2D eigenvalue weighted by molar-refractivity contribution is 8.01. The van der Waals surface area contributed by atoms with E-state index in [1.807, 2.05) is 96.4 Å². The molecule has 4 nitrogen and oxygen atoms in total. The van der Waals surface area contributed by atoms with E-state index in [2.05, 4.69) is 0 Å². The van der Waals surface area contributed by atoms with Crippen molar-refractivity contribution >= 4 is 69.9 Å². The van der Waals surface area contributed by atoms with Crippen LogP contribution in [0.15, 0.2) is 72.8 Å². The van der Waals surface area contributed by atoms with E-state index in [0.29, 0.717) is 10.0 Å². The number of carbonyl (C=O) groups excluding carboxylic acids is 2. The second-order valence-electron chi connectivity index (χ2n) is 8.30. The van der Waals surface area contributed by atoms with Crippen LogP contribution < -0.4 is 9.80 Å². The van der Waals surface area contributed by atoms with Crippen LogP contribution in [0, 0.1) is 0 Å². The van der Waals surface area contributed by atoms with E-state index in [0.717, 1.165) is 22.5 Å². The maximum Gasteiger partial charge on any atom is 0.241 e. The highest BCUT2D eigenvalue weighted by Gasteiger charge is 2.41. The molecule has 0 N–H and O–H groups in total. The number of hydrogen-bond acceptors (Lipinski definition) is 4. The third-order valence-electron chi connectivity index (χ3n) is 6.02. The van der Waals surface area contributed by atoms with Gasteiger partial charge < -0.3 is 0 Å². The number of anilines is 2. The number of hydrogen-bond donors (Lipinski definition) is 0. The van der Waals surface area contributed by atoms with Gasteiger partial charge in [-0.05, 0) is 73.5 Å². The Morgan fingerprint density at radius 2 is 0.912 bits per heavy atom. The number of amides is 2. The Morgan fingerprint density at radius 3 is 1.24 bits per heavy atom. The molecule has 2 fully saturated rings. The molecule has 3 aromatic carbocycles. The maximum atomic E-state index is 13.1. The summed E-state index contributed by atoms with van der Waals surface area (Å²) in [5, 5.41) is 0.784. The summed E-state index contributed by atoms with van der Waals surface area (Å²) >= 11 is 15.4. The van der Waals surface area contributed by atoms with Gasteiger partial charge in [-0.25, -0.2) is 0 Å². The third kappa shape index (κ3) is 4.33. The molecule has 34 heavy (non-hydrogen) atoms. The molecule has 3 aromatic rings. The molecule has 0 radical (unpaired) electrons. The van der Waals surface area contributed by atoms with Crippen LogP contribution in [0.1, 0.15) is 35.7 Å². The topological polar surface area (TPSA) is 40.6 Å². The Bertz CT molecular complexity index is 1120. The molecule has 5 rings (SSSR count). The normalized spacial score (nSPS) is 24.8. The van der Waals surface area contributed by atoms with Crippen molar-refractivity contribution in [2.24, 2.45) is 0 Å². The van der Waals surface area contributed by atoms with Crippen LogP contribution in [0.5, 0.6) is 0 Å². The van der Waals surface area contributed by atoms with Crippen molar-refractivity contribution in [3.05, 3.63) is 94.0 Å². The molecular formula is C26H22Cl2N2O2S2. The summed E-state index contributed by atoms with van der Waals surface area (Å²) in [6.45, 7) is 3.87. The second-order valence-corrected chi connectivity index (χ2v) is 12.0. The first-order chi connectivity index (χ1) is 16.3. The number of halogens is 2. The average molecular weight is 530 g/mol. The van der Waals surface area contributed by atoms with Gasteiger partial charge in [-0.2, -0.15) is 0 Å². The monoisotopic (exact) mass is 528 g/mol. The summed E-state index contributed by atoms with van der Waals surface area (Å²) in [7, 11) is 0. The third-order valence-corrected chi connectivity index (χ3v) is 9.23. The molecule has 174 valence electrons. The van der Waals surface area contributed by atoms with Crippen LogP contribution in [0.2, 0.25) is 10.0 Å². The van der Waals surface area contributed by atoms with Crippen LogP contribution in [0.3, 0.4) is 0 Å². The molecule has 0 spiro atoms. The Morgan fingerprint density at radius 1 is 0.588 bits per heavy atom. The molecule has 2 amide bonds. The van der Waals surface area contributed by atoms with E-state index in [1.54, 1.807) is 23.5 Å². The molecule has 0 bridgehead atoms. The predicted octanol–water partition coefficient (Wildman–Crippen LogP) is 7.33. The lowest BCUT2D eigenvalue weighted by atomic mass is 10.1. The minimum Gasteiger partial charge on any atom is -0.295 e. The molecule has 0 aromatic heterocycles. The van der Waals surface area contributed by atoms with Gasteiger partial charge in [-0.3, -0.25) is 19.4 Å². The highest BCUT2D eigenvalue weighted by Crippen LogP contribution is 2.48. The minimum absolute atomic E-state index is 0.0677. The molecule has 2 saturated heterocycles. The van der Waals surface area contributed by atoms with E-state index in [1.165, 1.54) is 0 Å². The average Bonchev–Trinajstić information content (AvgIpc) is 3.30. The summed E-state index contributed by atoms with van der Waals surface area (Å²) in [6, 6.07) is 22.9. The van der Waals surface area contributed by atoms with Crippen LogP contribution in [-0.4, -0.2) is 22.3 Å². The van der Waals surface area contributed by atoms with Gasteiger partial charge in [0.25, 0.3) is 0 Å². The van der Waals surface area contributed by atoms with Crippen molar-refractivity contribution in [1.29, 1.82) is 0 Å². The van der Waals surface area contributed by atoms with Crippen molar-refractivity contribution < 1.29 is 9.59 Å². The zero-order chi connectivity index (χ0) is 24.0. The summed E-state index contributed by atoms with van der Waals surface area (Å²) in [6.07, 6.45) is 0. The summed E-state index contributed by atoms with van der Waals surface area (Å²) < 4.78 is 0. The van der Waals surface area contributed by atoms with Gasteiger partial charge >= 0.3 is 0 Å². The number of carbonyl (C=O) groups is 2. The van der Waals surface area contributed by atoms with E-state index < -0.39 is 0 Å². The Kier molecular flexibility index (Phi) is 6.60. The zero-order valence-corrected chi connectivity index (χ0v) is 21.7. The molecule has 2 aliphatic rings. The molecule has 0 aliphatic carbocycles. The van der Waals surface area contributed by atoms with E-state index in [-0.39, 0.29) is 33.1 Å². The van der Waals surface area contributed by atoms with Crippen molar-refractivity contribution in [3.8, 4) is 0 Å². The van der Waals surface area contributed by atoms with E-state index in [4.69, 9.17) is 23.2 Å². The molecular weight excluding hydrogens is 507 g/mol. The Hall–Kier alpha value is -2.12. The molecule has 4 atom stereocenters. The fourth-order valence-corrected chi connectivity index (χ4v) is 7.07. The first-order valence-corrected chi connectivity index (χ1v) is 13.6. The molecule has 2 heterocycles.